The van der Waals surface area contributed by atoms with Crippen molar-refractivity contribution in [3.63, 3.8) is 0 Å². The number of nitrogens with zero attached hydrogens (tertiary/aromatic N) is 2. The van der Waals surface area contributed by atoms with E-state index in [0.717, 1.165) is 22.7 Å². The maximum atomic E-state index is 8.88. The summed E-state index contributed by atoms with van der Waals surface area (Å²) >= 11 is 0. The molecule has 2 heterocycles. The van der Waals surface area contributed by atoms with Gasteiger partial charge in [-0.05, 0) is 69.1 Å². The van der Waals surface area contributed by atoms with Crippen LogP contribution in [0.1, 0.15) is 43.3 Å². The van der Waals surface area contributed by atoms with Gasteiger partial charge in [-0.2, -0.15) is 19.2 Å². The van der Waals surface area contributed by atoms with Crippen molar-refractivity contribution in [1.82, 2.24) is 9.97 Å². The Labute approximate surface area is 184 Å². The number of carbonyl (C=O) groups excluding carboxylic acids is 4. The van der Waals surface area contributed by atoms with Crippen molar-refractivity contribution in [2.24, 2.45) is 0 Å². The van der Waals surface area contributed by atoms with Crippen LogP contribution in [-0.4, -0.2) is 35.7 Å². The molecule has 31 heavy (non-hydrogen) atoms. The molecule has 0 fully saturated rings. The van der Waals surface area contributed by atoms with Crippen LogP contribution in [0.25, 0.3) is 0 Å². The molecule has 0 saturated carbocycles. The maximum Gasteiger partial charge on any atom is 0.373 e. The van der Waals surface area contributed by atoms with Gasteiger partial charge in [-0.3, -0.25) is 9.97 Å². The summed E-state index contributed by atoms with van der Waals surface area (Å²) in [5, 5.41) is 9.10. The molecule has 0 unspecified atom stereocenters. The summed E-state index contributed by atoms with van der Waals surface area (Å²) in [7, 11) is -1.73. The zero-order valence-electron chi connectivity index (χ0n) is 19.7. The second-order valence-corrected chi connectivity index (χ2v) is 12.9. The van der Waals surface area contributed by atoms with Crippen LogP contribution in [0.15, 0.2) is 24.5 Å². The quantitative estimate of drug-likeness (QED) is 0.674. The third kappa shape index (κ3) is 12.2. The SMILES string of the molecule is Cc1cc(O)cnc1C.Cc1cc(O[Si](C)(C)C(C)(C)C)cnc1C.O=C=O.O=C=O. The fourth-order valence-electron chi connectivity index (χ4n) is 1.75. The first-order chi connectivity index (χ1) is 14.2. The predicted molar refractivity (Wildman–Crippen MR) is 117 cm³/mol. The number of aromatic nitrogens is 2. The van der Waals surface area contributed by atoms with Gasteiger partial charge in [0.1, 0.15) is 11.5 Å². The monoisotopic (exact) mass is 448 g/mol. The predicted octanol–water partition coefficient (Wildman–Crippen LogP) is 4.32. The number of rotatable bonds is 2. The minimum Gasteiger partial charge on any atom is -0.542 e. The molecule has 8 nitrogen and oxygen atoms in total. The molecule has 0 aliphatic heterocycles. The number of hydrogen-bond donors (Lipinski definition) is 1. The van der Waals surface area contributed by atoms with Crippen molar-refractivity contribution < 1.29 is 28.7 Å². The van der Waals surface area contributed by atoms with E-state index in [-0.39, 0.29) is 23.1 Å². The fraction of sp³-hybridized carbons (Fsp3) is 0.455. The molecule has 0 spiro atoms. The molecule has 0 atom stereocenters. The highest BCUT2D eigenvalue weighted by Crippen LogP contribution is 2.37. The van der Waals surface area contributed by atoms with Crippen LogP contribution >= 0.6 is 0 Å². The zero-order valence-corrected chi connectivity index (χ0v) is 20.7. The van der Waals surface area contributed by atoms with Gasteiger partial charge in [0, 0.05) is 11.4 Å². The third-order valence-electron chi connectivity index (χ3n) is 4.82. The highest BCUT2D eigenvalue weighted by atomic mass is 28.4. The van der Waals surface area contributed by atoms with Crippen LogP contribution in [0, 0.1) is 27.7 Å². The highest BCUT2D eigenvalue weighted by molar-refractivity contribution is 6.74. The van der Waals surface area contributed by atoms with Crippen LogP contribution in [0.3, 0.4) is 0 Å². The number of aryl methyl sites for hydroxylation is 4. The lowest BCUT2D eigenvalue weighted by molar-refractivity contribution is -0.193. The van der Waals surface area contributed by atoms with Gasteiger partial charge in [-0.25, -0.2) is 0 Å². The lowest BCUT2D eigenvalue weighted by atomic mass is 10.2. The van der Waals surface area contributed by atoms with Crippen LogP contribution in [0.2, 0.25) is 18.1 Å². The number of pyridine rings is 2. The molecule has 2 aromatic rings. The van der Waals surface area contributed by atoms with E-state index in [9.17, 15) is 0 Å². The molecule has 0 radical (unpaired) electrons. The average Bonchev–Trinajstić information content (AvgIpc) is 2.62. The standard InChI is InChI=1S/C13H23NOSi.C7H9NO.2CO2/c1-10-8-12(9-14-11(10)2)15-16(6,7)13(3,4)5;1-5-3-7(9)4-8-6(5)2;2*2-1-3/h8-9H,1-7H3;3-4,9H,1-2H3;;. The van der Waals surface area contributed by atoms with Crippen molar-refractivity contribution in [2.45, 2.75) is 66.6 Å². The molecule has 0 aromatic carbocycles. The van der Waals surface area contributed by atoms with Gasteiger partial charge in [-0.1, -0.05) is 20.8 Å². The van der Waals surface area contributed by atoms with E-state index in [0.29, 0.717) is 0 Å². The van der Waals surface area contributed by atoms with E-state index in [1.165, 1.54) is 11.8 Å². The average molecular weight is 449 g/mol. The summed E-state index contributed by atoms with van der Waals surface area (Å²) in [6.45, 7) is 19.2. The molecule has 0 bridgehead atoms. The lowest BCUT2D eigenvalue weighted by Gasteiger charge is -2.36. The van der Waals surface area contributed by atoms with Gasteiger partial charge in [0.2, 0.25) is 0 Å². The largest absolute Gasteiger partial charge is 0.542 e. The maximum absolute atomic E-state index is 8.88. The summed E-state index contributed by atoms with van der Waals surface area (Å²) in [4.78, 5) is 40.8. The van der Waals surface area contributed by atoms with Crippen LogP contribution in [-0.2, 0) is 19.2 Å². The van der Waals surface area contributed by atoms with E-state index >= 15 is 0 Å². The van der Waals surface area contributed by atoms with Crippen molar-refractivity contribution in [1.29, 1.82) is 0 Å². The molecular formula is C22H32N2O6Si. The molecule has 0 amide bonds. The minimum atomic E-state index is -1.73. The van der Waals surface area contributed by atoms with Gasteiger partial charge < -0.3 is 9.53 Å². The van der Waals surface area contributed by atoms with Gasteiger partial charge in [0.15, 0.2) is 0 Å². The van der Waals surface area contributed by atoms with Crippen molar-refractivity contribution in [3.8, 4) is 11.5 Å². The molecule has 0 aliphatic rings. The molecule has 0 aliphatic carbocycles. The summed E-state index contributed by atoms with van der Waals surface area (Å²) < 4.78 is 6.18. The van der Waals surface area contributed by atoms with Gasteiger partial charge in [-0.15, -0.1) is 0 Å². The second kappa shape index (κ2) is 14.0. The van der Waals surface area contributed by atoms with E-state index in [1.807, 2.05) is 27.0 Å². The van der Waals surface area contributed by atoms with E-state index in [2.05, 4.69) is 56.8 Å². The van der Waals surface area contributed by atoms with Gasteiger partial charge in [0.05, 0.1) is 12.4 Å². The summed E-state index contributed by atoms with van der Waals surface area (Å²) in [6.07, 6.45) is 3.78. The first kappa shape index (κ1) is 30.1. The van der Waals surface area contributed by atoms with Crippen molar-refractivity contribution >= 4 is 20.6 Å². The first-order valence-corrected chi connectivity index (χ1v) is 12.3. The van der Waals surface area contributed by atoms with Gasteiger partial charge >= 0.3 is 12.3 Å². The Morgan fingerprint density at radius 2 is 1.23 bits per heavy atom. The zero-order chi connectivity index (χ0) is 24.8. The van der Waals surface area contributed by atoms with Crippen LogP contribution < -0.4 is 4.43 Å². The molecule has 1 N–H and O–H groups in total. The molecule has 170 valence electrons. The van der Waals surface area contributed by atoms with Gasteiger partial charge in [0.25, 0.3) is 8.32 Å². The Morgan fingerprint density at radius 1 is 0.839 bits per heavy atom. The Bertz CT molecular complexity index is 883. The second-order valence-electron chi connectivity index (χ2n) is 8.20. The Balaban J connectivity index is 0. The summed E-state index contributed by atoms with van der Waals surface area (Å²) in [5.74, 6) is 1.15. The van der Waals surface area contributed by atoms with E-state index in [1.54, 1.807) is 6.07 Å². The third-order valence-corrected chi connectivity index (χ3v) is 9.18. The lowest BCUT2D eigenvalue weighted by Crippen LogP contribution is -2.43. The topological polar surface area (TPSA) is 124 Å². The molecule has 2 aromatic heterocycles. The van der Waals surface area contributed by atoms with E-state index in [4.69, 9.17) is 28.7 Å². The fourth-order valence-corrected chi connectivity index (χ4v) is 2.76. The first-order valence-electron chi connectivity index (χ1n) is 9.39. The smallest absolute Gasteiger partial charge is 0.373 e. The Hall–Kier alpha value is -3.12. The molecule has 2 rings (SSSR count). The van der Waals surface area contributed by atoms with Crippen molar-refractivity contribution in [3.05, 3.63) is 47.0 Å². The highest BCUT2D eigenvalue weighted by Gasteiger charge is 2.39. The number of hydrogen-bond acceptors (Lipinski definition) is 8. The Morgan fingerprint density at radius 3 is 1.55 bits per heavy atom. The molecular weight excluding hydrogens is 416 g/mol. The molecule has 9 heteroatoms. The molecule has 0 saturated heterocycles. The van der Waals surface area contributed by atoms with E-state index < -0.39 is 8.32 Å². The van der Waals surface area contributed by atoms with Crippen LogP contribution in [0.4, 0.5) is 0 Å². The minimum absolute atomic E-state index is 0.228. The summed E-state index contributed by atoms with van der Waals surface area (Å²) in [5.41, 5.74) is 4.25. The number of aromatic hydroxyl groups is 1. The van der Waals surface area contributed by atoms with Crippen LogP contribution in [0.5, 0.6) is 11.5 Å². The normalized spacial score (nSPS) is 9.84. The summed E-state index contributed by atoms with van der Waals surface area (Å²) in [6, 6.07) is 3.78. The van der Waals surface area contributed by atoms with Crippen molar-refractivity contribution in [2.75, 3.05) is 0 Å². The Kier molecular flexibility index (Phi) is 13.6.